The van der Waals surface area contributed by atoms with Gasteiger partial charge in [-0.2, -0.15) is 0 Å². The average molecular weight is 279 g/mol. The third-order valence-electron chi connectivity index (χ3n) is 2.79. The van der Waals surface area contributed by atoms with Crippen molar-refractivity contribution in [2.75, 3.05) is 31.2 Å². The topological polar surface area (TPSA) is 78.6 Å². The van der Waals surface area contributed by atoms with E-state index in [4.69, 9.17) is 5.73 Å². The minimum Gasteiger partial charge on any atom is -0.399 e. The molecule has 1 aromatic carbocycles. The van der Waals surface area contributed by atoms with Crippen LogP contribution in [-0.4, -0.2) is 41.7 Å². The van der Waals surface area contributed by atoms with Crippen molar-refractivity contribution in [2.24, 2.45) is 0 Å². The number of hydrogen-bond donors (Lipinski definition) is 3. The van der Waals surface area contributed by atoms with E-state index in [1.54, 1.807) is 38.1 Å². The monoisotopic (exact) mass is 279 g/mol. The number of carbonyl (C=O) groups is 1. The number of nitrogen functional groups attached to an aromatic ring is 1. The van der Waals surface area contributed by atoms with Crippen molar-refractivity contribution >= 4 is 17.3 Å². The smallest absolute Gasteiger partial charge is 0.224 e. The maximum Gasteiger partial charge on any atom is 0.224 e. The van der Waals surface area contributed by atoms with E-state index in [2.05, 4.69) is 5.32 Å². The zero-order valence-electron chi connectivity index (χ0n) is 12.5. The summed E-state index contributed by atoms with van der Waals surface area (Å²) in [6, 6.07) is 7.08. The number of likely N-dealkylation sites (N-methyl/N-ethyl adjacent to an activating group) is 1. The van der Waals surface area contributed by atoms with E-state index in [9.17, 15) is 9.90 Å². The number of nitrogens with two attached hydrogens (primary N) is 1. The minimum atomic E-state index is -0.707. The van der Waals surface area contributed by atoms with Crippen LogP contribution in [0.4, 0.5) is 11.4 Å². The SMILES string of the molecule is CN(CCCC(=O)Nc1ccc(N)cc1)CC(C)(C)O. The van der Waals surface area contributed by atoms with Crippen LogP contribution in [0.5, 0.6) is 0 Å². The first-order valence-electron chi connectivity index (χ1n) is 6.82. The second-order valence-electron chi connectivity index (χ2n) is 5.82. The van der Waals surface area contributed by atoms with Gasteiger partial charge in [0, 0.05) is 24.3 Å². The number of amides is 1. The summed E-state index contributed by atoms with van der Waals surface area (Å²) >= 11 is 0. The molecular formula is C15H25N3O2. The molecule has 0 unspecified atom stereocenters. The van der Waals surface area contributed by atoms with E-state index in [1.165, 1.54) is 0 Å². The molecule has 0 aromatic heterocycles. The van der Waals surface area contributed by atoms with Gasteiger partial charge in [-0.1, -0.05) is 0 Å². The van der Waals surface area contributed by atoms with Gasteiger partial charge in [0.1, 0.15) is 0 Å². The first-order valence-corrected chi connectivity index (χ1v) is 6.82. The molecule has 0 aliphatic rings. The van der Waals surface area contributed by atoms with Crippen molar-refractivity contribution in [3.8, 4) is 0 Å². The van der Waals surface area contributed by atoms with Crippen molar-refractivity contribution in [1.29, 1.82) is 0 Å². The molecule has 0 aliphatic carbocycles. The van der Waals surface area contributed by atoms with E-state index in [0.29, 0.717) is 18.7 Å². The summed E-state index contributed by atoms with van der Waals surface area (Å²) in [4.78, 5) is 13.8. The first kappa shape index (κ1) is 16.5. The highest BCUT2D eigenvalue weighted by Gasteiger charge is 2.15. The summed E-state index contributed by atoms with van der Waals surface area (Å²) in [5, 5.41) is 12.5. The van der Waals surface area contributed by atoms with Crippen LogP contribution in [0.2, 0.25) is 0 Å². The molecule has 5 nitrogen and oxygen atoms in total. The maximum absolute atomic E-state index is 11.8. The third-order valence-corrected chi connectivity index (χ3v) is 2.79. The second-order valence-corrected chi connectivity index (χ2v) is 5.82. The van der Waals surface area contributed by atoms with Gasteiger partial charge in [-0.3, -0.25) is 4.79 Å². The molecule has 1 amide bonds. The Hall–Kier alpha value is -1.59. The van der Waals surface area contributed by atoms with Crippen LogP contribution in [0.1, 0.15) is 26.7 Å². The van der Waals surface area contributed by atoms with E-state index < -0.39 is 5.60 Å². The van der Waals surface area contributed by atoms with E-state index >= 15 is 0 Å². The molecule has 1 rings (SSSR count). The molecule has 1 aromatic rings. The van der Waals surface area contributed by atoms with Crippen LogP contribution in [0, 0.1) is 0 Å². The molecule has 0 fully saturated rings. The number of hydrogen-bond acceptors (Lipinski definition) is 4. The molecule has 0 heterocycles. The van der Waals surface area contributed by atoms with Crippen molar-refractivity contribution in [1.82, 2.24) is 4.90 Å². The van der Waals surface area contributed by atoms with Crippen LogP contribution in [0.3, 0.4) is 0 Å². The Kier molecular flexibility index (Phi) is 5.98. The minimum absolute atomic E-state index is 0.00794. The Morgan fingerprint density at radius 1 is 1.35 bits per heavy atom. The first-order chi connectivity index (χ1) is 9.26. The molecule has 4 N–H and O–H groups in total. The quantitative estimate of drug-likeness (QED) is 0.664. The normalized spacial score (nSPS) is 11.7. The van der Waals surface area contributed by atoms with Gasteiger partial charge in [0.2, 0.25) is 5.91 Å². The molecule has 0 bridgehead atoms. The summed E-state index contributed by atoms with van der Waals surface area (Å²) < 4.78 is 0. The Morgan fingerprint density at radius 3 is 2.50 bits per heavy atom. The Labute approximate surface area is 120 Å². The molecule has 0 saturated carbocycles. The van der Waals surface area contributed by atoms with E-state index in [0.717, 1.165) is 18.7 Å². The molecule has 0 radical (unpaired) electrons. The molecule has 0 saturated heterocycles. The number of benzene rings is 1. The van der Waals surface area contributed by atoms with Gasteiger partial charge in [-0.05, 0) is 58.1 Å². The van der Waals surface area contributed by atoms with Crippen LogP contribution in [0.25, 0.3) is 0 Å². The Morgan fingerprint density at radius 2 is 1.95 bits per heavy atom. The number of nitrogens with zero attached hydrogens (tertiary/aromatic N) is 1. The number of anilines is 2. The van der Waals surface area contributed by atoms with Gasteiger partial charge in [-0.15, -0.1) is 0 Å². The van der Waals surface area contributed by atoms with Gasteiger partial charge in [0.05, 0.1) is 5.60 Å². The van der Waals surface area contributed by atoms with Gasteiger partial charge >= 0.3 is 0 Å². The predicted molar refractivity (Wildman–Crippen MR) is 82.5 cm³/mol. The Bertz CT molecular complexity index is 424. The molecular weight excluding hydrogens is 254 g/mol. The predicted octanol–water partition coefficient (Wildman–Crippen LogP) is 1.69. The molecule has 0 spiro atoms. The average Bonchev–Trinajstić information content (AvgIpc) is 2.29. The zero-order valence-corrected chi connectivity index (χ0v) is 12.5. The number of carbonyl (C=O) groups excluding carboxylic acids is 1. The summed E-state index contributed by atoms with van der Waals surface area (Å²) in [6.07, 6.45) is 1.22. The van der Waals surface area contributed by atoms with Crippen LogP contribution in [-0.2, 0) is 4.79 Å². The van der Waals surface area contributed by atoms with Gasteiger partial charge in [-0.25, -0.2) is 0 Å². The van der Waals surface area contributed by atoms with Crippen LogP contribution >= 0.6 is 0 Å². The molecule has 0 aliphatic heterocycles. The number of nitrogens with one attached hydrogen (secondary N) is 1. The largest absolute Gasteiger partial charge is 0.399 e. The summed E-state index contributed by atoms with van der Waals surface area (Å²) in [5.41, 5.74) is 6.31. The highest BCUT2D eigenvalue weighted by molar-refractivity contribution is 5.90. The van der Waals surface area contributed by atoms with Gasteiger partial charge < -0.3 is 21.1 Å². The van der Waals surface area contributed by atoms with Crippen LogP contribution < -0.4 is 11.1 Å². The lowest BCUT2D eigenvalue weighted by Crippen LogP contribution is -2.36. The molecule has 112 valence electrons. The Balaban J connectivity index is 2.25. The van der Waals surface area contributed by atoms with Crippen molar-refractivity contribution in [3.63, 3.8) is 0 Å². The summed E-state index contributed by atoms with van der Waals surface area (Å²) in [5.74, 6) is -0.00794. The highest BCUT2D eigenvalue weighted by atomic mass is 16.3. The van der Waals surface area contributed by atoms with E-state index in [1.807, 2.05) is 11.9 Å². The fourth-order valence-electron chi connectivity index (χ4n) is 2.04. The zero-order chi connectivity index (χ0) is 15.2. The van der Waals surface area contributed by atoms with Gasteiger partial charge in [0.25, 0.3) is 0 Å². The summed E-state index contributed by atoms with van der Waals surface area (Å²) in [7, 11) is 1.94. The third kappa shape index (κ3) is 7.11. The van der Waals surface area contributed by atoms with Crippen molar-refractivity contribution < 1.29 is 9.90 Å². The molecule has 5 heteroatoms. The van der Waals surface area contributed by atoms with Crippen molar-refractivity contribution in [2.45, 2.75) is 32.3 Å². The molecule has 0 atom stereocenters. The fourth-order valence-corrected chi connectivity index (χ4v) is 2.04. The number of rotatable bonds is 7. The van der Waals surface area contributed by atoms with E-state index in [-0.39, 0.29) is 5.91 Å². The fraction of sp³-hybridized carbons (Fsp3) is 0.533. The van der Waals surface area contributed by atoms with Gasteiger partial charge in [0.15, 0.2) is 0 Å². The lowest BCUT2D eigenvalue weighted by Gasteiger charge is -2.25. The number of aliphatic hydroxyl groups is 1. The van der Waals surface area contributed by atoms with Crippen molar-refractivity contribution in [3.05, 3.63) is 24.3 Å². The standard InChI is InChI=1S/C15H25N3O2/c1-15(2,20)11-18(3)10-4-5-14(19)17-13-8-6-12(16)7-9-13/h6-9,20H,4-5,10-11,16H2,1-3H3,(H,17,19). The maximum atomic E-state index is 11.8. The molecule has 20 heavy (non-hydrogen) atoms. The second kappa shape index (κ2) is 7.26. The lowest BCUT2D eigenvalue weighted by atomic mass is 10.1. The van der Waals surface area contributed by atoms with Crippen LogP contribution in [0.15, 0.2) is 24.3 Å². The lowest BCUT2D eigenvalue weighted by molar-refractivity contribution is -0.116. The summed E-state index contributed by atoms with van der Waals surface area (Å²) in [6.45, 7) is 4.92. The highest BCUT2D eigenvalue weighted by Crippen LogP contribution is 2.11.